The van der Waals surface area contributed by atoms with E-state index in [0.29, 0.717) is 0 Å². The van der Waals surface area contributed by atoms with Crippen LogP contribution in [-0.4, -0.2) is 4.92 Å². The number of alkyl halides is 2. The highest BCUT2D eigenvalue weighted by Gasteiger charge is 2.20. The molecular formula is C8H6ClF2NO2. The lowest BCUT2D eigenvalue weighted by atomic mass is 10.1. The van der Waals surface area contributed by atoms with Crippen molar-refractivity contribution < 1.29 is 13.7 Å². The molecule has 14 heavy (non-hydrogen) atoms. The van der Waals surface area contributed by atoms with Gasteiger partial charge in [0.15, 0.2) is 0 Å². The van der Waals surface area contributed by atoms with Crippen LogP contribution in [0.25, 0.3) is 0 Å². The maximum atomic E-state index is 12.4. The third-order valence-corrected chi connectivity index (χ3v) is 2.04. The van der Waals surface area contributed by atoms with Gasteiger partial charge in [-0.3, -0.25) is 10.1 Å². The van der Waals surface area contributed by atoms with Crippen LogP contribution in [0.15, 0.2) is 12.1 Å². The number of hydrogen-bond donors (Lipinski definition) is 0. The first-order valence-corrected chi connectivity index (χ1v) is 4.04. The van der Waals surface area contributed by atoms with Gasteiger partial charge in [0.1, 0.15) is 0 Å². The summed E-state index contributed by atoms with van der Waals surface area (Å²) in [5.41, 5.74) is -0.827. The first-order valence-electron chi connectivity index (χ1n) is 3.66. The normalized spacial score (nSPS) is 10.6. The highest BCUT2D eigenvalue weighted by Crippen LogP contribution is 2.32. The van der Waals surface area contributed by atoms with Gasteiger partial charge in [-0.25, -0.2) is 8.78 Å². The number of nitro groups is 1. The first kappa shape index (κ1) is 10.8. The van der Waals surface area contributed by atoms with E-state index in [0.717, 1.165) is 12.1 Å². The van der Waals surface area contributed by atoms with Crippen LogP contribution in [-0.2, 0) is 0 Å². The van der Waals surface area contributed by atoms with Crippen LogP contribution in [0.2, 0.25) is 5.02 Å². The van der Waals surface area contributed by atoms with Crippen LogP contribution in [0.4, 0.5) is 14.5 Å². The standard InChI is InChI=1S/C8H6ClF2NO2/c1-4-6(8(10)11)2-5(9)3-7(4)12(13)14/h2-3,8H,1H3. The Hall–Kier alpha value is -1.23. The maximum absolute atomic E-state index is 12.4. The Labute approximate surface area is 83.4 Å². The smallest absolute Gasteiger partial charge is 0.258 e. The minimum absolute atomic E-state index is 0.0469. The second kappa shape index (κ2) is 3.88. The summed E-state index contributed by atoms with van der Waals surface area (Å²) < 4.78 is 24.7. The average molecular weight is 222 g/mol. The average Bonchev–Trinajstić information content (AvgIpc) is 2.07. The predicted molar refractivity (Wildman–Crippen MR) is 47.8 cm³/mol. The largest absolute Gasteiger partial charge is 0.274 e. The van der Waals surface area contributed by atoms with E-state index < -0.39 is 16.9 Å². The summed E-state index contributed by atoms with van der Waals surface area (Å²) >= 11 is 5.47. The van der Waals surface area contributed by atoms with Crippen molar-refractivity contribution in [1.29, 1.82) is 0 Å². The molecule has 0 aliphatic carbocycles. The SMILES string of the molecule is Cc1c(C(F)F)cc(Cl)cc1[N+](=O)[O-]. The second-order valence-corrected chi connectivity index (χ2v) is 3.13. The van der Waals surface area contributed by atoms with Crippen molar-refractivity contribution in [1.82, 2.24) is 0 Å². The van der Waals surface area contributed by atoms with E-state index >= 15 is 0 Å². The zero-order valence-electron chi connectivity index (χ0n) is 7.13. The van der Waals surface area contributed by atoms with Crippen LogP contribution in [0.5, 0.6) is 0 Å². The molecule has 0 bridgehead atoms. The molecule has 1 aromatic rings. The van der Waals surface area contributed by atoms with Gasteiger partial charge in [0, 0.05) is 22.2 Å². The molecule has 0 aliphatic rings. The van der Waals surface area contributed by atoms with Crippen LogP contribution in [0.3, 0.4) is 0 Å². The van der Waals surface area contributed by atoms with E-state index in [4.69, 9.17) is 11.6 Å². The minimum atomic E-state index is -2.76. The van der Waals surface area contributed by atoms with E-state index in [1.54, 1.807) is 0 Å². The van der Waals surface area contributed by atoms with E-state index in [1.165, 1.54) is 6.92 Å². The van der Waals surface area contributed by atoms with Gasteiger partial charge in [-0.1, -0.05) is 11.6 Å². The number of nitro benzene ring substituents is 1. The molecule has 0 aromatic heterocycles. The summed E-state index contributed by atoms with van der Waals surface area (Å²) in [7, 11) is 0. The van der Waals surface area contributed by atoms with Gasteiger partial charge in [-0.05, 0) is 13.0 Å². The molecule has 76 valence electrons. The molecule has 1 rings (SSSR count). The van der Waals surface area contributed by atoms with Gasteiger partial charge < -0.3 is 0 Å². The van der Waals surface area contributed by atoms with Crippen LogP contribution >= 0.6 is 11.6 Å². The second-order valence-electron chi connectivity index (χ2n) is 2.70. The van der Waals surface area contributed by atoms with Crippen molar-refractivity contribution in [3.8, 4) is 0 Å². The summed E-state index contributed by atoms with van der Waals surface area (Å²) in [5, 5.41) is 10.4. The fourth-order valence-corrected chi connectivity index (χ4v) is 1.32. The van der Waals surface area contributed by atoms with E-state index in [-0.39, 0.29) is 16.3 Å². The molecule has 0 heterocycles. The van der Waals surface area contributed by atoms with Crippen molar-refractivity contribution in [3.63, 3.8) is 0 Å². The lowest BCUT2D eigenvalue weighted by Gasteiger charge is -2.05. The first-order chi connectivity index (χ1) is 6.43. The zero-order valence-corrected chi connectivity index (χ0v) is 7.89. The summed E-state index contributed by atoms with van der Waals surface area (Å²) in [6, 6.07) is 2.09. The van der Waals surface area contributed by atoms with Crippen LogP contribution in [0, 0.1) is 17.0 Å². The van der Waals surface area contributed by atoms with Crippen molar-refractivity contribution in [2.45, 2.75) is 13.3 Å². The van der Waals surface area contributed by atoms with Crippen molar-refractivity contribution >= 4 is 17.3 Å². The quantitative estimate of drug-likeness (QED) is 0.567. The van der Waals surface area contributed by atoms with Gasteiger partial charge in [0.2, 0.25) is 0 Å². The van der Waals surface area contributed by atoms with Crippen LogP contribution < -0.4 is 0 Å². The number of hydrogen-bond acceptors (Lipinski definition) is 2. The lowest BCUT2D eigenvalue weighted by molar-refractivity contribution is -0.385. The highest BCUT2D eigenvalue weighted by molar-refractivity contribution is 6.30. The molecule has 0 amide bonds. The summed E-state index contributed by atoms with van der Waals surface area (Å²) in [5.74, 6) is 0. The number of halogens is 3. The molecule has 0 aliphatic heterocycles. The molecule has 0 atom stereocenters. The van der Waals surface area contributed by atoms with Gasteiger partial charge in [0.25, 0.3) is 12.1 Å². The fraction of sp³-hybridized carbons (Fsp3) is 0.250. The Morgan fingerprint density at radius 2 is 2.07 bits per heavy atom. The number of rotatable bonds is 2. The maximum Gasteiger partial charge on any atom is 0.274 e. The molecule has 0 unspecified atom stereocenters. The highest BCUT2D eigenvalue weighted by atomic mass is 35.5. The molecule has 6 heteroatoms. The third-order valence-electron chi connectivity index (χ3n) is 1.82. The summed E-state index contributed by atoms with van der Waals surface area (Å²) in [6.45, 7) is 1.27. The Kier molecular flexibility index (Phi) is 3.00. The van der Waals surface area contributed by atoms with Gasteiger partial charge in [-0.2, -0.15) is 0 Å². The summed E-state index contributed by atoms with van der Waals surface area (Å²) in [6.07, 6.45) is -2.76. The Morgan fingerprint density at radius 1 is 1.50 bits per heavy atom. The minimum Gasteiger partial charge on any atom is -0.258 e. The topological polar surface area (TPSA) is 43.1 Å². The monoisotopic (exact) mass is 221 g/mol. The molecule has 0 spiro atoms. The molecule has 0 saturated heterocycles. The lowest BCUT2D eigenvalue weighted by Crippen LogP contribution is -1.97. The Balaban J connectivity index is 3.40. The molecule has 3 nitrogen and oxygen atoms in total. The number of benzene rings is 1. The molecular weight excluding hydrogens is 216 g/mol. The molecule has 0 fully saturated rings. The van der Waals surface area contributed by atoms with E-state index in [9.17, 15) is 18.9 Å². The van der Waals surface area contributed by atoms with Crippen molar-refractivity contribution in [3.05, 3.63) is 38.4 Å². The Morgan fingerprint density at radius 3 is 2.50 bits per heavy atom. The summed E-state index contributed by atoms with van der Waals surface area (Å²) in [4.78, 5) is 9.72. The Bertz CT molecular complexity index is 382. The molecule has 0 N–H and O–H groups in total. The molecule has 0 saturated carbocycles. The predicted octanol–water partition coefficient (Wildman–Crippen LogP) is 3.49. The zero-order chi connectivity index (χ0) is 10.9. The van der Waals surface area contributed by atoms with E-state index in [2.05, 4.69) is 0 Å². The van der Waals surface area contributed by atoms with Gasteiger partial charge >= 0.3 is 0 Å². The third kappa shape index (κ3) is 1.98. The molecule has 1 aromatic carbocycles. The van der Waals surface area contributed by atoms with E-state index in [1.807, 2.05) is 0 Å². The van der Waals surface area contributed by atoms with Crippen molar-refractivity contribution in [2.75, 3.05) is 0 Å². The molecule has 0 radical (unpaired) electrons. The van der Waals surface area contributed by atoms with Gasteiger partial charge in [-0.15, -0.1) is 0 Å². The number of nitrogens with zero attached hydrogens (tertiary/aromatic N) is 1. The van der Waals surface area contributed by atoms with Crippen molar-refractivity contribution in [2.24, 2.45) is 0 Å². The fourth-order valence-electron chi connectivity index (χ4n) is 1.10. The van der Waals surface area contributed by atoms with Crippen LogP contribution in [0.1, 0.15) is 17.6 Å². The van der Waals surface area contributed by atoms with Gasteiger partial charge in [0.05, 0.1) is 4.92 Å².